The second kappa shape index (κ2) is 6.34. The van der Waals surface area contributed by atoms with Crippen LogP contribution >= 0.6 is 0 Å². The second-order valence-electron chi connectivity index (χ2n) is 4.13. The third-order valence-electron chi connectivity index (χ3n) is 3.02. The van der Waals surface area contributed by atoms with Gasteiger partial charge < -0.3 is 15.3 Å². The largest absolute Gasteiger partial charge is 0.480 e. The fourth-order valence-electron chi connectivity index (χ4n) is 1.95. The van der Waals surface area contributed by atoms with Gasteiger partial charge in [0.25, 0.3) is 0 Å². The van der Waals surface area contributed by atoms with E-state index in [1.165, 1.54) is 4.90 Å². The summed E-state index contributed by atoms with van der Waals surface area (Å²) in [7, 11) is 0. The molecule has 0 aromatic carbocycles. The van der Waals surface area contributed by atoms with Crippen LogP contribution in [-0.4, -0.2) is 71.5 Å². The van der Waals surface area contributed by atoms with E-state index >= 15 is 0 Å². The number of amides is 2. The Hall–Kier alpha value is -1.63. The minimum Gasteiger partial charge on any atom is -0.480 e. The van der Waals surface area contributed by atoms with E-state index in [-0.39, 0.29) is 31.4 Å². The lowest BCUT2D eigenvalue weighted by Gasteiger charge is -2.33. The summed E-state index contributed by atoms with van der Waals surface area (Å²) in [5.41, 5.74) is 0. The van der Waals surface area contributed by atoms with E-state index in [0.29, 0.717) is 13.1 Å². The van der Waals surface area contributed by atoms with Gasteiger partial charge in [0.2, 0.25) is 11.8 Å². The van der Waals surface area contributed by atoms with Crippen molar-refractivity contribution in [3.05, 3.63) is 0 Å². The number of carboxylic acids is 1. The molecule has 0 aliphatic carbocycles. The van der Waals surface area contributed by atoms with E-state index in [2.05, 4.69) is 5.32 Å². The van der Waals surface area contributed by atoms with Crippen molar-refractivity contribution >= 4 is 17.8 Å². The van der Waals surface area contributed by atoms with E-state index in [9.17, 15) is 14.4 Å². The molecular weight excluding hydrogens is 238 g/mol. The minimum absolute atomic E-state index is 0.0356. The number of carbonyl (C=O) groups is 3. The highest BCUT2D eigenvalue weighted by atomic mass is 16.4. The monoisotopic (exact) mass is 257 g/mol. The zero-order chi connectivity index (χ0) is 13.7. The number of nitrogens with zero attached hydrogens (tertiary/aromatic N) is 2. The van der Waals surface area contributed by atoms with Gasteiger partial charge in [-0.2, -0.15) is 0 Å². The molecule has 1 aliphatic rings. The van der Waals surface area contributed by atoms with Crippen LogP contribution in [0.25, 0.3) is 0 Å². The second-order valence-corrected chi connectivity index (χ2v) is 4.13. The molecule has 1 unspecified atom stereocenters. The highest BCUT2D eigenvalue weighted by Crippen LogP contribution is 2.05. The van der Waals surface area contributed by atoms with E-state index in [0.717, 1.165) is 0 Å². The van der Waals surface area contributed by atoms with Crippen LogP contribution in [0.1, 0.15) is 13.8 Å². The molecule has 1 fully saturated rings. The Morgan fingerprint density at radius 3 is 2.56 bits per heavy atom. The number of nitrogens with one attached hydrogen (secondary N) is 1. The minimum atomic E-state index is -1.03. The van der Waals surface area contributed by atoms with Crippen LogP contribution in [0.2, 0.25) is 0 Å². The smallest absolute Gasteiger partial charge is 0.322 e. The van der Waals surface area contributed by atoms with E-state index in [1.54, 1.807) is 4.90 Å². The van der Waals surface area contributed by atoms with Crippen molar-refractivity contribution in [1.29, 1.82) is 0 Å². The zero-order valence-electron chi connectivity index (χ0n) is 10.7. The molecule has 0 bridgehead atoms. The maximum Gasteiger partial charge on any atom is 0.322 e. The highest BCUT2D eigenvalue weighted by molar-refractivity contribution is 5.85. The highest BCUT2D eigenvalue weighted by Gasteiger charge is 2.33. The molecule has 1 atom stereocenters. The molecule has 18 heavy (non-hydrogen) atoms. The van der Waals surface area contributed by atoms with Gasteiger partial charge in [-0.15, -0.1) is 0 Å². The average Bonchev–Trinajstić information content (AvgIpc) is 2.30. The molecule has 0 saturated carbocycles. The number of hydrogen-bond acceptors (Lipinski definition) is 4. The summed E-state index contributed by atoms with van der Waals surface area (Å²) in [6.07, 6.45) is 0. The Morgan fingerprint density at radius 2 is 2.06 bits per heavy atom. The number of likely N-dealkylation sites (N-methyl/N-ethyl adjacent to an activating group) is 1. The average molecular weight is 257 g/mol. The maximum absolute atomic E-state index is 11.9. The van der Waals surface area contributed by atoms with Crippen LogP contribution in [0.4, 0.5) is 0 Å². The first-order chi connectivity index (χ1) is 8.49. The van der Waals surface area contributed by atoms with E-state index in [4.69, 9.17) is 5.11 Å². The summed E-state index contributed by atoms with van der Waals surface area (Å²) in [6, 6.07) is -0.831. The van der Waals surface area contributed by atoms with Crippen molar-refractivity contribution < 1.29 is 19.5 Å². The molecule has 0 aromatic heterocycles. The van der Waals surface area contributed by atoms with E-state index in [1.807, 2.05) is 13.8 Å². The lowest BCUT2D eigenvalue weighted by Crippen LogP contribution is -2.59. The van der Waals surface area contributed by atoms with Gasteiger partial charge in [0.15, 0.2) is 0 Å². The molecule has 0 aromatic rings. The molecule has 1 rings (SSSR count). The fraction of sp³-hybridized carbons (Fsp3) is 0.727. The lowest BCUT2D eigenvalue weighted by atomic mass is 10.2. The van der Waals surface area contributed by atoms with Gasteiger partial charge in [0, 0.05) is 19.6 Å². The number of piperazine rings is 1. The first kappa shape index (κ1) is 14.4. The number of carboxylic acid groups (broad SMARTS) is 1. The first-order valence-corrected chi connectivity index (χ1v) is 6.00. The molecule has 102 valence electrons. The van der Waals surface area contributed by atoms with Gasteiger partial charge in [0.05, 0.1) is 13.1 Å². The molecule has 7 nitrogen and oxygen atoms in total. The summed E-state index contributed by atoms with van der Waals surface area (Å²) < 4.78 is 0. The van der Waals surface area contributed by atoms with Crippen LogP contribution in [0.3, 0.4) is 0 Å². The number of rotatable bonds is 5. The summed E-state index contributed by atoms with van der Waals surface area (Å²) in [5, 5.41) is 11.5. The molecule has 1 heterocycles. The molecule has 0 spiro atoms. The van der Waals surface area contributed by atoms with Gasteiger partial charge in [-0.1, -0.05) is 0 Å². The quantitative estimate of drug-likeness (QED) is 0.641. The molecule has 2 N–H and O–H groups in total. The van der Waals surface area contributed by atoms with Crippen molar-refractivity contribution in [1.82, 2.24) is 15.1 Å². The SMILES string of the molecule is CCN(CC)C(=O)CN1CC(=O)NCC1C(=O)O. The van der Waals surface area contributed by atoms with Crippen molar-refractivity contribution in [2.75, 3.05) is 32.7 Å². The standard InChI is InChI=1S/C11H19N3O4/c1-3-13(4-2)10(16)7-14-6-9(15)12-5-8(14)11(17)18/h8H,3-7H2,1-2H3,(H,12,15)(H,17,18). The van der Waals surface area contributed by atoms with E-state index < -0.39 is 12.0 Å². The molecule has 0 radical (unpaired) electrons. The summed E-state index contributed by atoms with van der Waals surface area (Å²) >= 11 is 0. The molecule has 2 amide bonds. The topological polar surface area (TPSA) is 90.0 Å². The van der Waals surface area contributed by atoms with Crippen molar-refractivity contribution in [3.8, 4) is 0 Å². The Bertz CT molecular complexity index is 341. The van der Waals surface area contributed by atoms with Gasteiger partial charge in [0.1, 0.15) is 6.04 Å². The Labute approximate surface area is 106 Å². The van der Waals surface area contributed by atoms with Crippen LogP contribution in [0.5, 0.6) is 0 Å². The van der Waals surface area contributed by atoms with Gasteiger partial charge in [-0.05, 0) is 13.8 Å². The van der Waals surface area contributed by atoms with Crippen molar-refractivity contribution in [2.24, 2.45) is 0 Å². The molecular formula is C11H19N3O4. The normalized spacial score (nSPS) is 20.3. The van der Waals surface area contributed by atoms with Crippen LogP contribution in [-0.2, 0) is 14.4 Å². The number of hydrogen-bond donors (Lipinski definition) is 2. The Balaban J connectivity index is 2.68. The zero-order valence-corrected chi connectivity index (χ0v) is 10.7. The molecule has 1 aliphatic heterocycles. The van der Waals surface area contributed by atoms with Gasteiger partial charge in [-0.3, -0.25) is 19.3 Å². The lowest BCUT2D eigenvalue weighted by molar-refractivity contribution is -0.147. The van der Waals surface area contributed by atoms with Crippen LogP contribution in [0.15, 0.2) is 0 Å². The number of carbonyl (C=O) groups excluding carboxylic acids is 2. The summed E-state index contributed by atoms with van der Waals surface area (Å²) in [6.45, 7) is 4.83. The summed E-state index contributed by atoms with van der Waals surface area (Å²) in [4.78, 5) is 37.2. The first-order valence-electron chi connectivity index (χ1n) is 6.00. The molecule has 1 saturated heterocycles. The number of aliphatic carboxylic acids is 1. The van der Waals surface area contributed by atoms with Crippen LogP contribution < -0.4 is 5.32 Å². The molecule has 7 heteroatoms. The van der Waals surface area contributed by atoms with Crippen LogP contribution in [0, 0.1) is 0 Å². The predicted molar refractivity (Wildman–Crippen MR) is 63.9 cm³/mol. The van der Waals surface area contributed by atoms with Crippen molar-refractivity contribution in [2.45, 2.75) is 19.9 Å². The van der Waals surface area contributed by atoms with Crippen molar-refractivity contribution in [3.63, 3.8) is 0 Å². The Morgan fingerprint density at radius 1 is 1.44 bits per heavy atom. The fourth-order valence-corrected chi connectivity index (χ4v) is 1.95. The summed E-state index contributed by atoms with van der Waals surface area (Å²) in [5.74, 6) is -1.43. The third kappa shape index (κ3) is 3.43. The third-order valence-corrected chi connectivity index (χ3v) is 3.02. The Kier molecular flexibility index (Phi) is 5.08. The maximum atomic E-state index is 11.9. The predicted octanol–water partition coefficient (Wildman–Crippen LogP) is -1.26. The van der Waals surface area contributed by atoms with Gasteiger partial charge in [-0.25, -0.2) is 0 Å². The van der Waals surface area contributed by atoms with Gasteiger partial charge >= 0.3 is 5.97 Å².